The molecule has 1 aromatic rings. The van der Waals surface area contributed by atoms with Gasteiger partial charge in [-0.2, -0.15) is 0 Å². The minimum atomic E-state index is -0.401. The number of nitrogens with two attached hydrogens (primary N) is 1. The van der Waals surface area contributed by atoms with Gasteiger partial charge in [-0.3, -0.25) is 4.79 Å². The van der Waals surface area contributed by atoms with Crippen LogP contribution >= 0.6 is 15.9 Å². The molecule has 0 spiro atoms. The number of carbonyl (C=O) groups excluding carboxylic acids is 1. The maximum absolute atomic E-state index is 12.1. The van der Waals surface area contributed by atoms with Gasteiger partial charge >= 0.3 is 0 Å². The topological polar surface area (TPSA) is 46.3 Å². The first-order valence-corrected chi connectivity index (χ1v) is 6.94. The second-order valence-electron chi connectivity index (χ2n) is 5.06. The predicted molar refractivity (Wildman–Crippen MR) is 78.0 cm³/mol. The molecule has 3 nitrogen and oxygen atoms in total. The predicted octanol–water partition coefficient (Wildman–Crippen LogP) is 2.78. The number of hydrogen-bond donors (Lipinski definition) is 1. The number of amides is 1. The van der Waals surface area contributed by atoms with Crippen molar-refractivity contribution in [1.29, 1.82) is 0 Å². The van der Waals surface area contributed by atoms with Crippen LogP contribution in [0.25, 0.3) is 0 Å². The standard InChI is InChI=1S/C14H21BrN2O/c1-10(2)7-13(16)14(18)17(3)9-11-5-4-6-12(15)8-11/h4-6,8,10,13H,7,9,16H2,1-3H3/t13-/m0/s1. The van der Waals surface area contributed by atoms with Gasteiger partial charge in [0.2, 0.25) is 5.91 Å². The molecule has 2 N–H and O–H groups in total. The zero-order chi connectivity index (χ0) is 13.7. The number of nitrogens with zero attached hydrogens (tertiary/aromatic N) is 1. The van der Waals surface area contributed by atoms with Gasteiger partial charge in [0.25, 0.3) is 0 Å². The van der Waals surface area contributed by atoms with Gasteiger partial charge in [-0.15, -0.1) is 0 Å². The second kappa shape index (κ2) is 6.90. The van der Waals surface area contributed by atoms with Crippen LogP contribution in [0.1, 0.15) is 25.8 Å². The van der Waals surface area contributed by atoms with E-state index in [-0.39, 0.29) is 5.91 Å². The summed E-state index contributed by atoms with van der Waals surface area (Å²) < 4.78 is 1.02. The minimum Gasteiger partial charge on any atom is -0.340 e. The average molecular weight is 313 g/mol. The third kappa shape index (κ3) is 4.78. The Labute approximate surface area is 117 Å². The highest BCUT2D eigenvalue weighted by atomic mass is 79.9. The maximum atomic E-state index is 12.1. The molecule has 0 unspecified atom stereocenters. The molecule has 1 amide bonds. The summed E-state index contributed by atoms with van der Waals surface area (Å²) in [4.78, 5) is 13.7. The molecule has 18 heavy (non-hydrogen) atoms. The summed E-state index contributed by atoms with van der Waals surface area (Å²) in [6.07, 6.45) is 0.724. The third-order valence-corrected chi connectivity index (χ3v) is 3.22. The largest absolute Gasteiger partial charge is 0.340 e. The Morgan fingerprint density at radius 3 is 2.67 bits per heavy atom. The smallest absolute Gasteiger partial charge is 0.239 e. The number of likely N-dealkylation sites (N-methyl/N-ethyl adjacent to an activating group) is 1. The molecule has 0 aromatic heterocycles. The van der Waals surface area contributed by atoms with Crippen molar-refractivity contribution in [1.82, 2.24) is 4.90 Å². The van der Waals surface area contributed by atoms with E-state index in [0.717, 1.165) is 16.5 Å². The van der Waals surface area contributed by atoms with Crippen LogP contribution in [0.2, 0.25) is 0 Å². The van der Waals surface area contributed by atoms with Gasteiger partial charge in [0.05, 0.1) is 6.04 Å². The Morgan fingerprint density at radius 2 is 2.11 bits per heavy atom. The van der Waals surface area contributed by atoms with Crippen molar-refractivity contribution in [2.24, 2.45) is 11.7 Å². The molecule has 0 aliphatic carbocycles. The zero-order valence-electron chi connectivity index (χ0n) is 11.2. The van der Waals surface area contributed by atoms with Crippen molar-refractivity contribution < 1.29 is 4.79 Å². The highest BCUT2D eigenvalue weighted by Gasteiger charge is 2.19. The van der Waals surface area contributed by atoms with Crippen molar-refractivity contribution in [2.45, 2.75) is 32.9 Å². The fourth-order valence-corrected chi connectivity index (χ4v) is 2.33. The molecule has 100 valence electrons. The summed E-state index contributed by atoms with van der Waals surface area (Å²) in [6.45, 7) is 4.73. The van der Waals surface area contributed by atoms with Gasteiger partial charge < -0.3 is 10.6 Å². The number of rotatable bonds is 5. The maximum Gasteiger partial charge on any atom is 0.239 e. The lowest BCUT2D eigenvalue weighted by Crippen LogP contribution is -2.42. The monoisotopic (exact) mass is 312 g/mol. The molecule has 0 fully saturated rings. The van der Waals surface area contributed by atoms with Crippen molar-refractivity contribution >= 4 is 21.8 Å². The molecule has 0 aliphatic heterocycles. The lowest BCUT2D eigenvalue weighted by Gasteiger charge is -2.22. The van der Waals surface area contributed by atoms with Crippen LogP contribution in [-0.4, -0.2) is 23.9 Å². The Kier molecular flexibility index (Phi) is 5.82. The Bertz CT molecular complexity index is 407. The minimum absolute atomic E-state index is 0.00340. The van der Waals surface area contributed by atoms with Gasteiger partial charge in [0.1, 0.15) is 0 Å². The molecule has 1 aromatic carbocycles. The van der Waals surface area contributed by atoms with Crippen molar-refractivity contribution in [3.8, 4) is 0 Å². The van der Waals surface area contributed by atoms with E-state index in [1.54, 1.807) is 11.9 Å². The van der Waals surface area contributed by atoms with E-state index in [1.165, 1.54) is 0 Å². The first-order valence-electron chi connectivity index (χ1n) is 6.15. The molecule has 4 heteroatoms. The molecular formula is C14H21BrN2O. The molecule has 1 rings (SSSR count). The lowest BCUT2D eigenvalue weighted by atomic mass is 10.0. The van der Waals surface area contributed by atoms with E-state index in [4.69, 9.17) is 5.73 Å². The van der Waals surface area contributed by atoms with Gasteiger partial charge in [0, 0.05) is 18.1 Å². The first kappa shape index (κ1) is 15.2. The van der Waals surface area contributed by atoms with E-state index in [2.05, 4.69) is 29.8 Å². The number of benzene rings is 1. The number of carbonyl (C=O) groups is 1. The quantitative estimate of drug-likeness (QED) is 0.908. The fraction of sp³-hybridized carbons (Fsp3) is 0.500. The van der Waals surface area contributed by atoms with E-state index in [9.17, 15) is 4.79 Å². The SMILES string of the molecule is CC(C)C[C@H](N)C(=O)N(C)Cc1cccc(Br)c1. The van der Waals surface area contributed by atoms with Gasteiger partial charge in [0.15, 0.2) is 0 Å². The Balaban J connectivity index is 2.59. The lowest BCUT2D eigenvalue weighted by molar-refractivity contribution is -0.132. The van der Waals surface area contributed by atoms with Crippen LogP contribution in [0.4, 0.5) is 0 Å². The van der Waals surface area contributed by atoms with Crippen LogP contribution in [-0.2, 0) is 11.3 Å². The molecular weight excluding hydrogens is 292 g/mol. The summed E-state index contributed by atoms with van der Waals surface area (Å²) in [5.74, 6) is 0.437. The molecule has 0 aliphatic rings. The van der Waals surface area contributed by atoms with Gasteiger partial charge in [-0.1, -0.05) is 41.9 Å². The van der Waals surface area contributed by atoms with Crippen LogP contribution in [0, 0.1) is 5.92 Å². The molecule has 0 saturated carbocycles. The summed E-state index contributed by atoms with van der Waals surface area (Å²) in [5.41, 5.74) is 7.00. The van der Waals surface area contributed by atoms with Crippen LogP contribution in [0.15, 0.2) is 28.7 Å². The molecule has 0 bridgehead atoms. The van der Waals surface area contributed by atoms with Crippen molar-refractivity contribution in [2.75, 3.05) is 7.05 Å². The normalized spacial score (nSPS) is 12.6. The van der Waals surface area contributed by atoms with Gasteiger partial charge in [-0.25, -0.2) is 0 Å². The highest BCUT2D eigenvalue weighted by molar-refractivity contribution is 9.10. The number of hydrogen-bond acceptors (Lipinski definition) is 2. The highest BCUT2D eigenvalue weighted by Crippen LogP contribution is 2.14. The van der Waals surface area contributed by atoms with Crippen molar-refractivity contribution in [3.63, 3.8) is 0 Å². The van der Waals surface area contributed by atoms with Crippen LogP contribution < -0.4 is 5.73 Å². The summed E-state index contributed by atoms with van der Waals surface area (Å²) >= 11 is 3.42. The van der Waals surface area contributed by atoms with E-state index in [0.29, 0.717) is 12.5 Å². The second-order valence-corrected chi connectivity index (χ2v) is 5.98. The Hall–Kier alpha value is -0.870. The summed E-state index contributed by atoms with van der Waals surface area (Å²) in [7, 11) is 1.80. The summed E-state index contributed by atoms with van der Waals surface area (Å²) in [6, 6.07) is 7.55. The van der Waals surface area contributed by atoms with Crippen molar-refractivity contribution in [3.05, 3.63) is 34.3 Å². The first-order chi connectivity index (χ1) is 8.40. The molecule has 1 atom stereocenters. The molecule has 0 heterocycles. The average Bonchev–Trinajstić information content (AvgIpc) is 2.27. The van der Waals surface area contributed by atoms with E-state index in [1.807, 2.05) is 24.3 Å². The summed E-state index contributed by atoms with van der Waals surface area (Å²) in [5, 5.41) is 0. The zero-order valence-corrected chi connectivity index (χ0v) is 12.8. The van der Waals surface area contributed by atoms with Gasteiger partial charge in [-0.05, 0) is 30.0 Å². The van der Waals surface area contributed by atoms with E-state index < -0.39 is 6.04 Å². The van der Waals surface area contributed by atoms with Crippen LogP contribution in [0.3, 0.4) is 0 Å². The van der Waals surface area contributed by atoms with E-state index >= 15 is 0 Å². The van der Waals surface area contributed by atoms with Crippen LogP contribution in [0.5, 0.6) is 0 Å². The molecule has 0 radical (unpaired) electrons. The number of halogens is 1. The fourth-order valence-electron chi connectivity index (χ4n) is 1.88. The molecule has 0 saturated heterocycles. The third-order valence-electron chi connectivity index (χ3n) is 2.73. The Morgan fingerprint density at radius 1 is 1.44 bits per heavy atom.